The van der Waals surface area contributed by atoms with E-state index in [2.05, 4.69) is 0 Å². The lowest BCUT2D eigenvalue weighted by Crippen LogP contribution is -2.33. The molecule has 1 fully saturated rings. The molecule has 90 valence electrons. The maximum Gasteiger partial charge on any atom is 0.0615 e. The lowest BCUT2D eigenvalue weighted by molar-refractivity contribution is -0.00969. The minimum atomic E-state index is 0.300. The topological polar surface area (TPSA) is 55.5 Å². The molecule has 2 unspecified atom stereocenters. The normalized spacial score (nSPS) is 26.8. The molecule has 2 atom stereocenters. The van der Waals surface area contributed by atoms with Crippen molar-refractivity contribution in [2.45, 2.75) is 51.0 Å². The van der Waals surface area contributed by atoms with Crippen LogP contribution in [0.15, 0.2) is 0 Å². The third-order valence-electron chi connectivity index (χ3n) is 3.28. The van der Waals surface area contributed by atoms with Crippen molar-refractivity contribution in [3.05, 3.63) is 0 Å². The smallest absolute Gasteiger partial charge is 0.0615 e. The number of nitrogens with two attached hydrogens (primary N) is 1. The van der Waals surface area contributed by atoms with Gasteiger partial charge in [-0.2, -0.15) is 0 Å². The van der Waals surface area contributed by atoms with E-state index < -0.39 is 0 Å². The highest BCUT2D eigenvalue weighted by Gasteiger charge is 2.24. The highest BCUT2D eigenvalue weighted by Crippen LogP contribution is 2.26. The van der Waals surface area contributed by atoms with E-state index in [4.69, 9.17) is 15.6 Å². The van der Waals surface area contributed by atoms with Gasteiger partial charge in [-0.25, -0.2) is 0 Å². The monoisotopic (exact) mass is 215 g/mol. The molecule has 0 saturated heterocycles. The summed E-state index contributed by atoms with van der Waals surface area (Å²) >= 11 is 0. The average molecular weight is 215 g/mol. The number of ether oxygens (including phenoxy) is 1. The van der Waals surface area contributed by atoms with Crippen LogP contribution in [-0.2, 0) is 4.74 Å². The summed E-state index contributed by atoms with van der Waals surface area (Å²) in [4.78, 5) is 0. The van der Waals surface area contributed by atoms with E-state index >= 15 is 0 Å². The minimum Gasteiger partial charge on any atom is -0.396 e. The Kier molecular flexibility index (Phi) is 6.98. The molecule has 3 heteroatoms. The SMILES string of the molecule is NCC1CCCCC1OCCCCCO. The van der Waals surface area contributed by atoms with Gasteiger partial charge in [0.25, 0.3) is 0 Å². The van der Waals surface area contributed by atoms with Crippen LogP contribution in [0.4, 0.5) is 0 Å². The Balaban J connectivity index is 2.07. The zero-order valence-electron chi connectivity index (χ0n) is 9.66. The second-order valence-electron chi connectivity index (χ2n) is 4.47. The first kappa shape index (κ1) is 12.9. The van der Waals surface area contributed by atoms with Crippen LogP contribution in [-0.4, -0.2) is 31.0 Å². The minimum absolute atomic E-state index is 0.300. The fraction of sp³-hybridized carbons (Fsp3) is 1.00. The number of hydrogen-bond acceptors (Lipinski definition) is 3. The number of aliphatic hydroxyl groups excluding tert-OH is 1. The molecule has 0 bridgehead atoms. The van der Waals surface area contributed by atoms with Crippen molar-refractivity contribution >= 4 is 0 Å². The number of rotatable bonds is 7. The lowest BCUT2D eigenvalue weighted by atomic mass is 9.86. The first-order chi connectivity index (χ1) is 7.38. The predicted molar refractivity (Wildman–Crippen MR) is 61.7 cm³/mol. The third kappa shape index (κ3) is 4.96. The first-order valence-electron chi connectivity index (χ1n) is 6.31. The Bertz CT molecular complexity index is 153. The van der Waals surface area contributed by atoms with Crippen molar-refractivity contribution in [2.75, 3.05) is 19.8 Å². The summed E-state index contributed by atoms with van der Waals surface area (Å²) in [6, 6.07) is 0. The van der Waals surface area contributed by atoms with Gasteiger partial charge in [0.1, 0.15) is 0 Å². The van der Waals surface area contributed by atoms with Gasteiger partial charge >= 0.3 is 0 Å². The van der Waals surface area contributed by atoms with Gasteiger partial charge in [-0.1, -0.05) is 12.8 Å². The summed E-state index contributed by atoms with van der Waals surface area (Å²) in [5.74, 6) is 0.580. The van der Waals surface area contributed by atoms with Crippen LogP contribution in [0.2, 0.25) is 0 Å². The number of aliphatic hydroxyl groups is 1. The Hall–Kier alpha value is -0.120. The second kappa shape index (κ2) is 8.08. The zero-order valence-corrected chi connectivity index (χ0v) is 9.66. The quantitative estimate of drug-likeness (QED) is 0.635. The summed E-state index contributed by atoms with van der Waals surface area (Å²) < 4.78 is 5.87. The molecule has 1 rings (SSSR count). The number of unbranched alkanes of at least 4 members (excludes halogenated alkanes) is 2. The van der Waals surface area contributed by atoms with Gasteiger partial charge in [0.05, 0.1) is 6.10 Å². The standard InChI is InChI=1S/C12H25NO2/c13-10-11-6-2-3-7-12(11)15-9-5-1-4-8-14/h11-12,14H,1-10,13H2. The van der Waals surface area contributed by atoms with Crippen LogP contribution < -0.4 is 5.73 Å². The Morgan fingerprint density at radius 1 is 1.13 bits per heavy atom. The fourth-order valence-electron chi connectivity index (χ4n) is 2.29. The molecule has 0 aromatic rings. The molecular formula is C12H25NO2. The van der Waals surface area contributed by atoms with Crippen LogP contribution in [0.3, 0.4) is 0 Å². The van der Waals surface area contributed by atoms with Crippen LogP contribution >= 0.6 is 0 Å². The van der Waals surface area contributed by atoms with Gasteiger partial charge in [-0.3, -0.25) is 0 Å². The van der Waals surface area contributed by atoms with E-state index in [9.17, 15) is 0 Å². The van der Waals surface area contributed by atoms with Gasteiger partial charge in [0.2, 0.25) is 0 Å². The van der Waals surface area contributed by atoms with Crippen molar-refractivity contribution in [3.8, 4) is 0 Å². The molecule has 0 radical (unpaired) electrons. The van der Waals surface area contributed by atoms with Crippen molar-refractivity contribution in [1.82, 2.24) is 0 Å². The van der Waals surface area contributed by atoms with Crippen LogP contribution in [0.25, 0.3) is 0 Å². The molecule has 0 aromatic heterocycles. The fourth-order valence-corrected chi connectivity index (χ4v) is 2.29. The molecule has 1 aliphatic carbocycles. The van der Waals surface area contributed by atoms with Crippen molar-refractivity contribution in [3.63, 3.8) is 0 Å². The molecule has 0 amide bonds. The van der Waals surface area contributed by atoms with Crippen LogP contribution in [0.1, 0.15) is 44.9 Å². The summed E-state index contributed by atoms with van der Waals surface area (Å²) in [7, 11) is 0. The summed E-state index contributed by atoms with van der Waals surface area (Å²) in [6.07, 6.45) is 8.45. The molecule has 0 aromatic carbocycles. The molecule has 1 saturated carbocycles. The van der Waals surface area contributed by atoms with E-state index in [0.717, 1.165) is 32.4 Å². The molecule has 3 nitrogen and oxygen atoms in total. The maximum atomic E-state index is 8.64. The maximum absolute atomic E-state index is 8.64. The Morgan fingerprint density at radius 3 is 2.67 bits per heavy atom. The molecule has 0 aliphatic heterocycles. The number of hydrogen-bond donors (Lipinski definition) is 2. The van der Waals surface area contributed by atoms with E-state index in [0.29, 0.717) is 18.6 Å². The van der Waals surface area contributed by atoms with Gasteiger partial charge < -0.3 is 15.6 Å². The molecule has 0 heterocycles. The molecule has 3 N–H and O–H groups in total. The van der Waals surface area contributed by atoms with Crippen molar-refractivity contribution in [1.29, 1.82) is 0 Å². The Morgan fingerprint density at radius 2 is 1.93 bits per heavy atom. The van der Waals surface area contributed by atoms with Gasteiger partial charge in [0.15, 0.2) is 0 Å². The average Bonchev–Trinajstić information content (AvgIpc) is 2.29. The van der Waals surface area contributed by atoms with Gasteiger partial charge in [-0.15, -0.1) is 0 Å². The van der Waals surface area contributed by atoms with E-state index in [1.54, 1.807) is 0 Å². The highest BCUT2D eigenvalue weighted by atomic mass is 16.5. The first-order valence-corrected chi connectivity index (χ1v) is 6.31. The lowest BCUT2D eigenvalue weighted by Gasteiger charge is -2.30. The van der Waals surface area contributed by atoms with Gasteiger partial charge in [0, 0.05) is 13.2 Å². The van der Waals surface area contributed by atoms with E-state index in [1.807, 2.05) is 0 Å². The molecule has 15 heavy (non-hydrogen) atoms. The third-order valence-corrected chi connectivity index (χ3v) is 3.28. The molecular weight excluding hydrogens is 190 g/mol. The van der Waals surface area contributed by atoms with Gasteiger partial charge in [-0.05, 0) is 44.6 Å². The largest absolute Gasteiger partial charge is 0.396 e. The second-order valence-corrected chi connectivity index (χ2v) is 4.47. The summed E-state index contributed by atoms with van der Waals surface area (Å²) in [6.45, 7) is 1.90. The predicted octanol–water partition coefficient (Wildman–Crippen LogP) is 1.68. The van der Waals surface area contributed by atoms with Crippen molar-refractivity contribution in [2.24, 2.45) is 11.7 Å². The van der Waals surface area contributed by atoms with Crippen LogP contribution in [0.5, 0.6) is 0 Å². The highest BCUT2D eigenvalue weighted by molar-refractivity contribution is 4.76. The van der Waals surface area contributed by atoms with E-state index in [-0.39, 0.29) is 0 Å². The summed E-state index contributed by atoms with van der Waals surface area (Å²) in [5, 5.41) is 8.64. The zero-order chi connectivity index (χ0) is 10.9. The van der Waals surface area contributed by atoms with Crippen molar-refractivity contribution < 1.29 is 9.84 Å². The molecule has 1 aliphatic rings. The van der Waals surface area contributed by atoms with Crippen LogP contribution in [0, 0.1) is 5.92 Å². The molecule has 0 spiro atoms. The van der Waals surface area contributed by atoms with E-state index in [1.165, 1.54) is 25.7 Å². The summed E-state index contributed by atoms with van der Waals surface area (Å²) in [5.41, 5.74) is 5.73. The Labute approximate surface area is 93.0 Å².